The van der Waals surface area contributed by atoms with Crippen molar-refractivity contribution < 1.29 is 4.58 Å². The lowest BCUT2D eigenvalue weighted by Gasteiger charge is -2.23. The maximum atomic E-state index is 2.57. The van der Waals surface area contributed by atoms with Crippen molar-refractivity contribution in [2.75, 3.05) is 0 Å². The predicted octanol–water partition coefficient (Wildman–Crippen LogP) is 5.67. The summed E-state index contributed by atoms with van der Waals surface area (Å²) in [6.07, 6.45) is 5.76. The third-order valence-electron chi connectivity index (χ3n) is 5.51. The van der Waals surface area contributed by atoms with Crippen LogP contribution in [-0.4, -0.2) is 16.3 Å². The van der Waals surface area contributed by atoms with Crippen LogP contribution in [-0.2, 0) is 18.3 Å². The van der Waals surface area contributed by atoms with Crippen molar-refractivity contribution in [3.63, 3.8) is 0 Å². The van der Waals surface area contributed by atoms with Gasteiger partial charge in [-0.15, -0.1) is 0 Å². The molecule has 0 unspecified atom stereocenters. The molecule has 0 saturated carbocycles. The second-order valence-corrected chi connectivity index (χ2v) is 7.90. The van der Waals surface area contributed by atoms with Gasteiger partial charge in [-0.2, -0.15) is 4.58 Å². The molecule has 0 saturated heterocycles. The largest absolute Gasteiger partial charge is 0.211 e. The molecule has 1 aliphatic rings. The highest BCUT2D eigenvalue weighted by atomic mass is 15.1. The van der Waals surface area contributed by atoms with Crippen molar-refractivity contribution in [3.8, 4) is 0 Å². The number of hydrogen-bond acceptors (Lipinski definition) is 0. The van der Waals surface area contributed by atoms with Crippen LogP contribution in [0.2, 0.25) is 0 Å². The fourth-order valence-electron chi connectivity index (χ4n) is 4.38. The van der Waals surface area contributed by atoms with Crippen LogP contribution in [0.1, 0.15) is 57.7 Å². The van der Waals surface area contributed by atoms with Gasteiger partial charge in [0.2, 0.25) is 5.69 Å². The smallest absolute Gasteiger partial charge is 0.197 e. The lowest BCUT2D eigenvalue weighted by molar-refractivity contribution is -0.512. The van der Waals surface area contributed by atoms with Crippen molar-refractivity contribution in [2.24, 2.45) is 0 Å². The lowest BCUT2D eigenvalue weighted by Crippen LogP contribution is -2.31. The molecule has 1 heteroatoms. The summed E-state index contributed by atoms with van der Waals surface area (Å²) in [5.74, 6) is 0. The first kappa shape index (κ1) is 17.0. The van der Waals surface area contributed by atoms with Gasteiger partial charge in [-0.1, -0.05) is 62.4 Å². The van der Waals surface area contributed by atoms with Gasteiger partial charge in [0.15, 0.2) is 11.8 Å². The Morgan fingerprint density at radius 1 is 0.833 bits per heavy atom. The van der Waals surface area contributed by atoms with Gasteiger partial charge in [0.05, 0.1) is 5.41 Å². The van der Waals surface area contributed by atoms with Crippen LogP contribution >= 0.6 is 0 Å². The number of benzene rings is 2. The minimum Gasteiger partial charge on any atom is -0.197 e. The lowest BCUT2D eigenvalue weighted by atomic mass is 9.77. The van der Waals surface area contributed by atoms with Crippen molar-refractivity contribution in [3.05, 3.63) is 65.2 Å². The topological polar surface area (TPSA) is 3.01 Å². The quantitative estimate of drug-likeness (QED) is 0.639. The highest BCUT2D eigenvalue weighted by Crippen LogP contribution is 2.43. The monoisotopic (exact) mass is 320 g/mol. The molecule has 1 nitrogen and oxygen atoms in total. The van der Waals surface area contributed by atoms with Crippen molar-refractivity contribution >= 4 is 11.9 Å². The maximum absolute atomic E-state index is 2.57. The normalized spacial score (nSPS) is 22.5. The van der Waals surface area contributed by atoms with Crippen molar-refractivity contribution in [1.29, 1.82) is 0 Å². The van der Waals surface area contributed by atoms with E-state index >= 15 is 0 Å². The molecule has 126 valence electrons. The summed E-state index contributed by atoms with van der Waals surface area (Å²) >= 11 is 0. The fraction of sp³-hybridized carbons (Fsp3) is 0.435. The van der Waals surface area contributed by atoms with Crippen LogP contribution in [0.15, 0.2) is 48.5 Å². The summed E-state index contributed by atoms with van der Waals surface area (Å²) in [4.78, 5) is 0. The predicted molar refractivity (Wildman–Crippen MR) is 104 cm³/mol. The van der Waals surface area contributed by atoms with Gasteiger partial charge in [0, 0.05) is 31.4 Å². The minimum atomic E-state index is 0.0800. The molecule has 0 aliphatic carbocycles. The third kappa shape index (κ3) is 2.81. The first-order valence-corrected chi connectivity index (χ1v) is 9.23. The Morgan fingerprint density at radius 2 is 1.42 bits per heavy atom. The van der Waals surface area contributed by atoms with Crippen LogP contribution in [0, 0.1) is 0 Å². The zero-order chi connectivity index (χ0) is 17.4. The van der Waals surface area contributed by atoms with Gasteiger partial charge in [-0.25, -0.2) is 0 Å². The Bertz CT molecular complexity index is 733. The summed E-state index contributed by atoms with van der Waals surface area (Å²) in [6, 6.07) is 17.7. The molecule has 0 spiro atoms. The molecule has 0 N–H and O–H groups in total. The summed E-state index contributed by atoms with van der Waals surface area (Å²) in [5, 5.41) is 0. The Kier molecular flexibility index (Phi) is 4.38. The molecule has 3 rings (SSSR count). The summed E-state index contributed by atoms with van der Waals surface area (Å²) in [7, 11) is 0. The highest BCUT2D eigenvalue weighted by molar-refractivity contribution is 5.73. The van der Waals surface area contributed by atoms with Crippen LogP contribution in [0.5, 0.6) is 0 Å². The van der Waals surface area contributed by atoms with Crippen LogP contribution < -0.4 is 0 Å². The van der Waals surface area contributed by atoms with Gasteiger partial charge in [0.1, 0.15) is 0 Å². The van der Waals surface area contributed by atoms with Gasteiger partial charge in [0.25, 0.3) is 0 Å². The van der Waals surface area contributed by atoms with E-state index in [2.05, 4.69) is 93.9 Å². The molecule has 0 amide bonds. The zero-order valence-electron chi connectivity index (χ0n) is 15.8. The molecule has 2 aromatic carbocycles. The first-order chi connectivity index (χ1) is 11.4. The first-order valence-electron chi connectivity index (χ1n) is 9.23. The molecule has 2 aromatic rings. The number of rotatable bonds is 4. The van der Waals surface area contributed by atoms with Crippen LogP contribution in [0.4, 0.5) is 5.69 Å². The van der Waals surface area contributed by atoms with Gasteiger partial charge >= 0.3 is 0 Å². The SMILES string of the molecule is CCc1cccc(CC)c1[N+]1=C[C@@](C)(c2ccccc2)CC1(C)C. The zero-order valence-corrected chi connectivity index (χ0v) is 15.8. The Morgan fingerprint density at radius 3 is 1.96 bits per heavy atom. The standard InChI is InChI=1S/C23H30N/c1-6-18-12-11-13-19(7-2)21(18)24-17-23(5,16-22(24,3)4)20-14-9-8-10-15-20/h8-15,17H,6-7,16H2,1-5H3/q+1/t23-/m0/s1. The number of para-hydroxylation sites is 1. The molecule has 24 heavy (non-hydrogen) atoms. The average Bonchev–Trinajstić information content (AvgIpc) is 2.84. The fourth-order valence-corrected chi connectivity index (χ4v) is 4.38. The molecule has 0 fully saturated rings. The van der Waals surface area contributed by atoms with E-state index in [0.29, 0.717) is 0 Å². The van der Waals surface area contributed by atoms with E-state index in [9.17, 15) is 0 Å². The molecule has 0 radical (unpaired) electrons. The van der Waals surface area contributed by atoms with E-state index in [1.54, 1.807) is 0 Å². The number of aryl methyl sites for hydroxylation is 2. The van der Waals surface area contributed by atoms with E-state index in [0.717, 1.165) is 19.3 Å². The van der Waals surface area contributed by atoms with Crippen LogP contribution in [0.3, 0.4) is 0 Å². The Balaban J connectivity index is 2.19. The molecular formula is C23H30N+. The van der Waals surface area contributed by atoms with Crippen molar-refractivity contribution in [2.45, 2.75) is 64.8 Å². The molecule has 0 aromatic heterocycles. The van der Waals surface area contributed by atoms with Gasteiger partial charge in [-0.3, -0.25) is 0 Å². The van der Waals surface area contributed by atoms with Gasteiger partial charge < -0.3 is 0 Å². The molecule has 0 bridgehead atoms. The molecule has 1 heterocycles. The molecular weight excluding hydrogens is 290 g/mol. The maximum Gasteiger partial charge on any atom is 0.211 e. The summed E-state index contributed by atoms with van der Waals surface area (Å²) in [5.41, 5.74) is 5.95. The van der Waals surface area contributed by atoms with E-state index in [-0.39, 0.29) is 11.0 Å². The van der Waals surface area contributed by atoms with Crippen LogP contribution in [0.25, 0.3) is 0 Å². The van der Waals surface area contributed by atoms with E-state index < -0.39 is 0 Å². The third-order valence-corrected chi connectivity index (χ3v) is 5.51. The molecule has 1 atom stereocenters. The summed E-state index contributed by atoms with van der Waals surface area (Å²) in [6.45, 7) is 11.7. The number of nitrogens with zero attached hydrogens (tertiary/aromatic N) is 1. The van der Waals surface area contributed by atoms with E-state index in [1.165, 1.54) is 22.4 Å². The van der Waals surface area contributed by atoms with Gasteiger partial charge in [-0.05, 0) is 25.3 Å². The van der Waals surface area contributed by atoms with Crippen molar-refractivity contribution in [1.82, 2.24) is 0 Å². The number of hydrogen-bond donors (Lipinski definition) is 0. The molecule has 1 aliphatic heterocycles. The Labute approximate surface area is 147 Å². The minimum absolute atomic E-state index is 0.0800. The second kappa shape index (κ2) is 6.20. The highest BCUT2D eigenvalue weighted by Gasteiger charge is 2.50. The second-order valence-electron chi connectivity index (χ2n) is 7.90. The Hall–Kier alpha value is -1.89. The average molecular weight is 321 g/mol. The van der Waals surface area contributed by atoms with E-state index in [1.807, 2.05) is 0 Å². The van der Waals surface area contributed by atoms with E-state index in [4.69, 9.17) is 0 Å². The summed E-state index contributed by atoms with van der Waals surface area (Å²) < 4.78 is 2.57.